The van der Waals surface area contributed by atoms with E-state index >= 15 is 0 Å². The molecule has 7 heteroatoms. The van der Waals surface area contributed by atoms with Crippen LogP contribution >= 0.6 is 11.3 Å². The molecular weight excluding hydrogens is 334 g/mol. The third-order valence-corrected chi connectivity index (χ3v) is 5.49. The van der Waals surface area contributed by atoms with Crippen molar-refractivity contribution in [3.8, 4) is 11.3 Å². The highest BCUT2D eigenvalue weighted by Crippen LogP contribution is 2.27. The molecule has 0 N–H and O–H groups in total. The zero-order chi connectivity index (χ0) is 17.2. The molecule has 4 heterocycles. The van der Waals surface area contributed by atoms with Crippen LogP contribution in [0.2, 0.25) is 0 Å². The molecule has 3 aromatic heterocycles. The predicted molar refractivity (Wildman–Crippen MR) is 96.2 cm³/mol. The molecule has 4 rings (SSSR count). The summed E-state index contributed by atoms with van der Waals surface area (Å²) in [5.74, 6) is 1.44. The molecule has 0 aromatic carbocycles. The van der Waals surface area contributed by atoms with Crippen LogP contribution in [0.5, 0.6) is 0 Å². The average molecular weight is 355 g/mol. The van der Waals surface area contributed by atoms with E-state index in [0.29, 0.717) is 5.92 Å². The third-order valence-electron chi connectivity index (χ3n) is 4.72. The maximum Gasteiger partial charge on any atom is 0.143 e. The molecular formula is C18H21N5OS. The molecule has 1 aliphatic heterocycles. The first-order valence-corrected chi connectivity index (χ1v) is 9.42. The molecule has 0 radical (unpaired) electrons. The summed E-state index contributed by atoms with van der Waals surface area (Å²) in [5, 5.41) is 7.26. The van der Waals surface area contributed by atoms with Gasteiger partial charge in [-0.15, -0.1) is 11.3 Å². The second-order valence-electron chi connectivity index (χ2n) is 6.61. The zero-order valence-corrected chi connectivity index (χ0v) is 15.3. The molecule has 0 unspecified atom stereocenters. The number of thiazole rings is 1. The van der Waals surface area contributed by atoms with Gasteiger partial charge in [0.25, 0.3) is 0 Å². The molecule has 0 saturated carbocycles. The van der Waals surface area contributed by atoms with E-state index in [1.54, 1.807) is 17.7 Å². The summed E-state index contributed by atoms with van der Waals surface area (Å²) in [6.45, 7) is 7.06. The highest BCUT2D eigenvalue weighted by molar-refractivity contribution is 7.09. The Morgan fingerprint density at radius 1 is 1.28 bits per heavy atom. The Kier molecular flexibility index (Phi) is 4.59. The van der Waals surface area contributed by atoms with Crippen LogP contribution in [0.15, 0.2) is 28.5 Å². The summed E-state index contributed by atoms with van der Waals surface area (Å²) in [4.78, 5) is 15.8. The number of aryl methyl sites for hydroxylation is 2. The maximum atomic E-state index is 5.26. The van der Waals surface area contributed by atoms with Crippen molar-refractivity contribution in [1.29, 1.82) is 0 Å². The second-order valence-corrected chi connectivity index (χ2v) is 7.59. The van der Waals surface area contributed by atoms with Crippen LogP contribution in [-0.2, 0) is 13.0 Å². The summed E-state index contributed by atoms with van der Waals surface area (Å²) in [6, 6.07) is 2.08. The zero-order valence-electron chi connectivity index (χ0n) is 14.5. The Morgan fingerprint density at radius 2 is 2.20 bits per heavy atom. The summed E-state index contributed by atoms with van der Waals surface area (Å²) in [6.07, 6.45) is 5.72. The van der Waals surface area contributed by atoms with E-state index < -0.39 is 0 Å². The number of aromatic nitrogens is 4. The lowest BCUT2D eigenvalue weighted by Gasteiger charge is -2.14. The summed E-state index contributed by atoms with van der Waals surface area (Å²) < 4.78 is 5.26. The Hall–Kier alpha value is -2.12. The molecule has 0 spiro atoms. The van der Waals surface area contributed by atoms with Crippen molar-refractivity contribution in [3.63, 3.8) is 0 Å². The molecule has 1 aliphatic rings. The molecule has 0 amide bonds. The van der Waals surface area contributed by atoms with Gasteiger partial charge in [0.1, 0.15) is 17.1 Å². The Labute approximate surface area is 150 Å². The minimum Gasteiger partial charge on any atom is -0.361 e. The van der Waals surface area contributed by atoms with Gasteiger partial charge in [-0.05, 0) is 45.2 Å². The largest absolute Gasteiger partial charge is 0.361 e. The van der Waals surface area contributed by atoms with Gasteiger partial charge in [-0.25, -0.2) is 15.0 Å². The monoisotopic (exact) mass is 355 g/mol. The molecule has 3 aromatic rings. The number of hydrogen-bond acceptors (Lipinski definition) is 7. The van der Waals surface area contributed by atoms with E-state index in [2.05, 4.69) is 31.1 Å². The molecule has 1 saturated heterocycles. The summed E-state index contributed by atoms with van der Waals surface area (Å²) in [5.41, 5.74) is 3.85. The fourth-order valence-electron chi connectivity index (χ4n) is 3.54. The van der Waals surface area contributed by atoms with Crippen molar-refractivity contribution in [2.75, 3.05) is 13.1 Å². The highest BCUT2D eigenvalue weighted by atomic mass is 32.1. The molecule has 1 atom stereocenters. The minimum atomic E-state index is 0.632. The second kappa shape index (κ2) is 7.01. The van der Waals surface area contributed by atoms with E-state index in [-0.39, 0.29) is 0 Å². The van der Waals surface area contributed by atoms with E-state index in [0.717, 1.165) is 54.5 Å². The van der Waals surface area contributed by atoms with Crippen molar-refractivity contribution in [2.45, 2.75) is 33.2 Å². The first-order chi connectivity index (χ1) is 12.2. The lowest BCUT2D eigenvalue weighted by molar-refractivity contribution is 0.315. The van der Waals surface area contributed by atoms with Crippen LogP contribution in [0, 0.1) is 19.8 Å². The van der Waals surface area contributed by atoms with Crippen LogP contribution in [0.1, 0.15) is 28.6 Å². The normalized spacial score (nSPS) is 18.1. The molecule has 25 heavy (non-hydrogen) atoms. The van der Waals surface area contributed by atoms with Gasteiger partial charge < -0.3 is 4.52 Å². The quantitative estimate of drug-likeness (QED) is 0.700. The Bertz CT molecular complexity index is 826. The molecule has 130 valence electrons. The van der Waals surface area contributed by atoms with Gasteiger partial charge in [-0.3, -0.25) is 4.90 Å². The third kappa shape index (κ3) is 3.62. The number of hydrogen-bond donors (Lipinski definition) is 0. The standard InChI is InChI=1S/C18H21N5OS/c1-12-18(13(2)24-22-12)16-8-15(20-11-21-16)7-14-3-5-23(9-14)10-17-19-4-6-25-17/h4,6,8,11,14H,3,5,7,9-10H2,1-2H3/t14-/m1/s1. The van der Waals surface area contributed by atoms with E-state index in [1.807, 2.05) is 25.4 Å². The first kappa shape index (κ1) is 16.4. The van der Waals surface area contributed by atoms with Crippen LogP contribution in [0.3, 0.4) is 0 Å². The van der Waals surface area contributed by atoms with Crippen molar-refractivity contribution in [2.24, 2.45) is 5.92 Å². The topological polar surface area (TPSA) is 67.9 Å². The highest BCUT2D eigenvalue weighted by Gasteiger charge is 2.24. The van der Waals surface area contributed by atoms with Gasteiger partial charge in [0, 0.05) is 23.8 Å². The summed E-state index contributed by atoms with van der Waals surface area (Å²) in [7, 11) is 0. The molecule has 6 nitrogen and oxygen atoms in total. The van der Waals surface area contributed by atoms with Crippen LogP contribution < -0.4 is 0 Å². The van der Waals surface area contributed by atoms with E-state index in [9.17, 15) is 0 Å². The number of likely N-dealkylation sites (tertiary alicyclic amines) is 1. The fraction of sp³-hybridized carbons (Fsp3) is 0.444. The van der Waals surface area contributed by atoms with Crippen LogP contribution in [0.4, 0.5) is 0 Å². The van der Waals surface area contributed by atoms with E-state index in [4.69, 9.17) is 4.52 Å². The Morgan fingerprint density at radius 3 is 2.96 bits per heavy atom. The van der Waals surface area contributed by atoms with Crippen molar-refractivity contribution in [3.05, 3.63) is 46.1 Å². The predicted octanol–water partition coefficient (Wildman–Crippen LogP) is 3.27. The SMILES string of the molecule is Cc1noc(C)c1-c1cc(C[C@H]2CCN(Cc3nccs3)C2)ncn1. The lowest BCUT2D eigenvalue weighted by atomic mass is 10.0. The van der Waals surface area contributed by atoms with Gasteiger partial charge >= 0.3 is 0 Å². The van der Waals surface area contributed by atoms with Gasteiger partial charge in [0.15, 0.2) is 0 Å². The molecule has 0 bridgehead atoms. The average Bonchev–Trinajstić information content (AvgIpc) is 3.32. The Balaban J connectivity index is 1.43. The van der Waals surface area contributed by atoms with E-state index in [1.165, 1.54) is 11.4 Å². The van der Waals surface area contributed by atoms with Crippen LogP contribution in [0.25, 0.3) is 11.3 Å². The van der Waals surface area contributed by atoms with Gasteiger partial charge in [-0.1, -0.05) is 5.16 Å². The molecule has 1 fully saturated rings. The molecule has 0 aliphatic carbocycles. The summed E-state index contributed by atoms with van der Waals surface area (Å²) >= 11 is 1.73. The lowest BCUT2D eigenvalue weighted by Crippen LogP contribution is -2.20. The minimum absolute atomic E-state index is 0.632. The van der Waals surface area contributed by atoms with Crippen molar-refractivity contribution in [1.82, 2.24) is 25.0 Å². The first-order valence-electron chi connectivity index (χ1n) is 8.54. The van der Waals surface area contributed by atoms with Crippen molar-refractivity contribution < 1.29 is 4.52 Å². The smallest absolute Gasteiger partial charge is 0.143 e. The van der Waals surface area contributed by atoms with Gasteiger partial charge in [0.05, 0.1) is 23.5 Å². The number of rotatable bonds is 5. The van der Waals surface area contributed by atoms with Crippen LogP contribution in [-0.4, -0.2) is 38.1 Å². The van der Waals surface area contributed by atoms with Gasteiger partial charge in [0.2, 0.25) is 0 Å². The van der Waals surface area contributed by atoms with Gasteiger partial charge in [-0.2, -0.15) is 0 Å². The fourth-order valence-corrected chi connectivity index (χ4v) is 4.19. The van der Waals surface area contributed by atoms with Crippen molar-refractivity contribution >= 4 is 11.3 Å². The number of nitrogens with zero attached hydrogens (tertiary/aromatic N) is 5. The maximum absolute atomic E-state index is 5.26.